The van der Waals surface area contributed by atoms with Crippen LogP contribution in [0.2, 0.25) is 5.02 Å². The summed E-state index contributed by atoms with van der Waals surface area (Å²) in [4.78, 5) is 26.6. The molecule has 2 unspecified atom stereocenters. The van der Waals surface area contributed by atoms with Gasteiger partial charge in [-0.1, -0.05) is 23.7 Å². The number of carbonyl (C=O) groups excluding carboxylic acids is 2. The fourth-order valence-electron chi connectivity index (χ4n) is 3.15. The van der Waals surface area contributed by atoms with Crippen molar-refractivity contribution in [2.24, 2.45) is 0 Å². The van der Waals surface area contributed by atoms with Crippen LogP contribution in [0, 0.1) is 0 Å². The van der Waals surface area contributed by atoms with Gasteiger partial charge in [0.05, 0.1) is 23.9 Å². The molecule has 0 aromatic heterocycles. The van der Waals surface area contributed by atoms with Crippen LogP contribution in [0.5, 0.6) is 0 Å². The lowest BCUT2D eigenvalue weighted by Crippen LogP contribution is -2.53. The van der Waals surface area contributed by atoms with Crippen molar-refractivity contribution in [2.75, 3.05) is 31.2 Å². The van der Waals surface area contributed by atoms with Gasteiger partial charge in [0.15, 0.2) is 0 Å². The molecule has 6 nitrogen and oxygen atoms in total. The molecule has 2 aliphatic heterocycles. The van der Waals surface area contributed by atoms with Gasteiger partial charge in [0.25, 0.3) is 0 Å². The maximum absolute atomic E-state index is 12.7. The third-order valence-electron chi connectivity index (χ3n) is 4.35. The van der Waals surface area contributed by atoms with Crippen LogP contribution < -0.4 is 15.5 Å². The smallest absolute Gasteiger partial charge is 0.249 e. The maximum Gasteiger partial charge on any atom is 0.249 e. The zero-order chi connectivity index (χ0) is 16.9. The summed E-state index contributed by atoms with van der Waals surface area (Å²) in [7, 11) is 0. The molecule has 2 aliphatic rings. The first-order valence-corrected chi connectivity index (χ1v) is 8.69. The van der Waals surface area contributed by atoms with Crippen LogP contribution >= 0.6 is 24.0 Å². The molecule has 1 aromatic carbocycles. The van der Waals surface area contributed by atoms with Crippen molar-refractivity contribution < 1.29 is 14.3 Å². The topological polar surface area (TPSA) is 70.7 Å². The maximum atomic E-state index is 12.7. The summed E-state index contributed by atoms with van der Waals surface area (Å²) in [6.45, 7) is 2.57. The molecule has 0 saturated carbocycles. The van der Waals surface area contributed by atoms with E-state index < -0.39 is 6.04 Å². The molecule has 2 atom stereocenters. The normalized spacial score (nSPS) is 23.7. The lowest BCUT2D eigenvalue weighted by molar-refractivity contribution is -0.129. The molecule has 2 fully saturated rings. The quantitative estimate of drug-likeness (QED) is 0.825. The first-order chi connectivity index (χ1) is 11.6. The van der Waals surface area contributed by atoms with Crippen molar-refractivity contribution in [2.45, 2.75) is 31.3 Å². The number of benzene rings is 1. The molecule has 3 rings (SSSR count). The number of nitrogens with one attached hydrogen (secondary N) is 2. The molecule has 0 bridgehead atoms. The highest BCUT2D eigenvalue weighted by Crippen LogP contribution is 2.28. The number of anilines is 1. The highest BCUT2D eigenvalue weighted by Gasteiger charge is 2.32. The lowest BCUT2D eigenvalue weighted by atomic mass is 10.0. The molecule has 8 heteroatoms. The van der Waals surface area contributed by atoms with Crippen molar-refractivity contribution in [3.63, 3.8) is 0 Å². The predicted octanol–water partition coefficient (Wildman–Crippen LogP) is 1.75. The Labute approximate surface area is 158 Å². The van der Waals surface area contributed by atoms with E-state index in [1.807, 2.05) is 18.2 Å². The zero-order valence-electron chi connectivity index (χ0n) is 13.9. The van der Waals surface area contributed by atoms with E-state index in [0.29, 0.717) is 43.3 Å². The molecular formula is C17H23Cl2N3O3. The summed E-state index contributed by atoms with van der Waals surface area (Å²) in [6, 6.07) is 6.79. The second-order valence-electron chi connectivity index (χ2n) is 6.13. The van der Waals surface area contributed by atoms with Gasteiger partial charge in [-0.25, -0.2) is 0 Å². The van der Waals surface area contributed by atoms with Gasteiger partial charge in [-0.05, 0) is 25.0 Å². The number of rotatable bonds is 4. The largest absolute Gasteiger partial charge is 0.378 e. The molecule has 0 spiro atoms. The van der Waals surface area contributed by atoms with E-state index in [1.54, 1.807) is 11.0 Å². The number of piperidine rings is 1. The van der Waals surface area contributed by atoms with Crippen molar-refractivity contribution in [3.8, 4) is 0 Å². The Bertz CT molecular complexity index is 609. The Kier molecular flexibility index (Phi) is 7.50. The van der Waals surface area contributed by atoms with E-state index in [9.17, 15) is 9.59 Å². The van der Waals surface area contributed by atoms with Gasteiger partial charge in [-0.3, -0.25) is 9.59 Å². The Morgan fingerprint density at radius 1 is 1.40 bits per heavy atom. The summed E-state index contributed by atoms with van der Waals surface area (Å²) in [5, 5.41) is 6.65. The minimum Gasteiger partial charge on any atom is -0.378 e. The van der Waals surface area contributed by atoms with Gasteiger partial charge in [-0.15, -0.1) is 12.4 Å². The highest BCUT2D eigenvalue weighted by atomic mass is 35.5. The molecule has 2 saturated heterocycles. The standard InChI is InChI=1S/C17H22ClN3O3.ClH/c18-13-4-1-2-6-15(13)21-8-3-5-14(17(21)23)20-16(22)10-12-11-24-9-7-19-12;/h1-2,4,6,12,14,19H,3,5,7-11H2,(H,20,22);1H. The second-order valence-corrected chi connectivity index (χ2v) is 6.54. The molecule has 2 amide bonds. The van der Waals surface area contributed by atoms with Crippen LogP contribution in [0.3, 0.4) is 0 Å². The first-order valence-electron chi connectivity index (χ1n) is 8.31. The van der Waals surface area contributed by atoms with Crippen molar-refractivity contribution in [1.29, 1.82) is 0 Å². The van der Waals surface area contributed by atoms with Crippen molar-refractivity contribution in [1.82, 2.24) is 10.6 Å². The lowest BCUT2D eigenvalue weighted by Gasteiger charge is -2.33. The summed E-state index contributed by atoms with van der Waals surface area (Å²) >= 11 is 6.20. The van der Waals surface area contributed by atoms with E-state index in [0.717, 1.165) is 13.0 Å². The van der Waals surface area contributed by atoms with E-state index in [2.05, 4.69) is 10.6 Å². The molecule has 1 aromatic rings. The molecule has 0 aliphatic carbocycles. The SMILES string of the molecule is Cl.O=C(CC1COCCN1)NC1CCCN(c2ccccc2Cl)C1=O. The predicted molar refractivity (Wildman–Crippen MR) is 99.4 cm³/mol. The summed E-state index contributed by atoms with van der Waals surface area (Å²) < 4.78 is 5.35. The van der Waals surface area contributed by atoms with Crippen LogP contribution in [0.25, 0.3) is 0 Å². The molecule has 2 heterocycles. The van der Waals surface area contributed by atoms with Crippen LogP contribution in [0.15, 0.2) is 24.3 Å². The fraction of sp³-hybridized carbons (Fsp3) is 0.529. The first kappa shape index (κ1) is 20.0. The van der Waals surface area contributed by atoms with Crippen molar-refractivity contribution in [3.05, 3.63) is 29.3 Å². The third kappa shape index (κ3) is 5.07. The average Bonchev–Trinajstić information content (AvgIpc) is 2.58. The number of para-hydroxylation sites is 1. The van der Waals surface area contributed by atoms with E-state index in [4.69, 9.17) is 16.3 Å². The van der Waals surface area contributed by atoms with Gasteiger partial charge in [0.2, 0.25) is 11.8 Å². The Balaban J connectivity index is 0.00000225. The van der Waals surface area contributed by atoms with E-state index in [1.165, 1.54) is 0 Å². The number of halogens is 2. The number of nitrogens with zero attached hydrogens (tertiary/aromatic N) is 1. The van der Waals surface area contributed by atoms with Gasteiger partial charge >= 0.3 is 0 Å². The van der Waals surface area contributed by atoms with E-state index >= 15 is 0 Å². The minimum atomic E-state index is -0.493. The van der Waals surface area contributed by atoms with Crippen LogP contribution in [-0.2, 0) is 14.3 Å². The monoisotopic (exact) mass is 387 g/mol. The molecule has 0 radical (unpaired) electrons. The Morgan fingerprint density at radius 2 is 2.20 bits per heavy atom. The minimum absolute atomic E-state index is 0. The fourth-order valence-corrected chi connectivity index (χ4v) is 3.38. The number of amides is 2. The zero-order valence-corrected chi connectivity index (χ0v) is 15.4. The van der Waals surface area contributed by atoms with Gasteiger partial charge in [0, 0.05) is 25.6 Å². The van der Waals surface area contributed by atoms with Crippen LogP contribution in [0.4, 0.5) is 5.69 Å². The number of ether oxygens (including phenoxy) is 1. The number of morpholine rings is 1. The van der Waals surface area contributed by atoms with Gasteiger partial charge < -0.3 is 20.3 Å². The molecule has 138 valence electrons. The van der Waals surface area contributed by atoms with Gasteiger partial charge in [-0.2, -0.15) is 0 Å². The Hall–Kier alpha value is -1.34. The number of hydrogen-bond donors (Lipinski definition) is 2. The van der Waals surface area contributed by atoms with E-state index in [-0.39, 0.29) is 30.3 Å². The molecule has 2 N–H and O–H groups in total. The number of carbonyl (C=O) groups is 2. The van der Waals surface area contributed by atoms with Crippen LogP contribution in [0.1, 0.15) is 19.3 Å². The van der Waals surface area contributed by atoms with Crippen LogP contribution in [-0.4, -0.2) is 50.2 Å². The highest BCUT2D eigenvalue weighted by molar-refractivity contribution is 6.33. The summed E-state index contributed by atoms with van der Waals surface area (Å²) in [6.07, 6.45) is 1.79. The summed E-state index contributed by atoms with van der Waals surface area (Å²) in [5.74, 6) is -0.229. The van der Waals surface area contributed by atoms with Gasteiger partial charge in [0.1, 0.15) is 6.04 Å². The average molecular weight is 388 g/mol. The second kappa shape index (κ2) is 9.38. The number of hydrogen-bond acceptors (Lipinski definition) is 4. The Morgan fingerprint density at radius 3 is 2.92 bits per heavy atom. The molecule has 25 heavy (non-hydrogen) atoms. The summed E-state index contributed by atoms with van der Waals surface area (Å²) in [5.41, 5.74) is 0.700. The third-order valence-corrected chi connectivity index (χ3v) is 4.67. The molecular weight excluding hydrogens is 365 g/mol. The van der Waals surface area contributed by atoms with Crippen molar-refractivity contribution >= 4 is 41.5 Å².